The molecule has 0 atom stereocenters. The van der Waals surface area contributed by atoms with Crippen molar-refractivity contribution in [1.82, 2.24) is 15.1 Å². The predicted molar refractivity (Wildman–Crippen MR) is 53.0 cm³/mol. The Hall–Kier alpha value is -1.04. The summed E-state index contributed by atoms with van der Waals surface area (Å²) in [7, 11) is 0. The van der Waals surface area contributed by atoms with Gasteiger partial charge in [-0.15, -0.1) is 0 Å². The highest BCUT2D eigenvalue weighted by atomic mass is 19.4. The number of aromatic nitrogens is 2. The predicted octanol–water partition coefficient (Wildman–Crippen LogP) is 1.89. The summed E-state index contributed by atoms with van der Waals surface area (Å²) in [5.74, 6) is 0. The van der Waals surface area contributed by atoms with Crippen molar-refractivity contribution in [2.75, 3.05) is 13.1 Å². The summed E-state index contributed by atoms with van der Waals surface area (Å²) in [6, 6.07) is 0. The molecule has 1 aliphatic rings. The highest BCUT2D eigenvalue weighted by Gasteiger charge is 2.32. The Kier molecular flexibility index (Phi) is 2.92. The molecule has 0 aliphatic carbocycles. The van der Waals surface area contributed by atoms with Gasteiger partial charge in [-0.2, -0.15) is 18.3 Å². The van der Waals surface area contributed by atoms with Crippen LogP contribution in [-0.2, 0) is 19.4 Å². The quantitative estimate of drug-likeness (QED) is 0.846. The van der Waals surface area contributed by atoms with E-state index in [0.29, 0.717) is 19.5 Å². The number of halogens is 3. The first-order valence-electron chi connectivity index (χ1n) is 5.33. The molecule has 2 rings (SSSR count). The first-order chi connectivity index (χ1) is 7.49. The summed E-state index contributed by atoms with van der Waals surface area (Å²) >= 11 is 0. The van der Waals surface area contributed by atoms with Crippen molar-refractivity contribution >= 4 is 0 Å². The third kappa shape index (κ3) is 2.37. The minimum atomic E-state index is -4.12. The highest BCUT2D eigenvalue weighted by Crippen LogP contribution is 2.24. The Labute approximate surface area is 91.6 Å². The Morgan fingerprint density at radius 3 is 2.81 bits per heavy atom. The number of hydrogen-bond donors (Lipinski definition) is 1. The van der Waals surface area contributed by atoms with Gasteiger partial charge in [0, 0.05) is 13.1 Å². The Morgan fingerprint density at radius 2 is 2.19 bits per heavy atom. The Morgan fingerprint density at radius 1 is 1.44 bits per heavy atom. The van der Waals surface area contributed by atoms with E-state index in [1.165, 1.54) is 4.90 Å². The minimum Gasteiger partial charge on any atom is -0.289 e. The SMILES string of the molecule is CCc1n[nH]c2c1CCN(CC(F)(F)F)C2. The molecule has 0 bridgehead atoms. The summed E-state index contributed by atoms with van der Waals surface area (Å²) in [5.41, 5.74) is 2.94. The monoisotopic (exact) mass is 233 g/mol. The minimum absolute atomic E-state index is 0.321. The molecule has 90 valence electrons. The fraction of sp³-hybridized carbons (Fsp3) is 0.700. The van der Waals surface area contributed by atoms with Gasteiger partial charge in [-0.25, -0.2) is 0 Å². The standard InChI is InChI=1S/C10H14F3N3/c1-2-8-7-3-4-16(6-10(11,12)13)5-9(7)15-14-8/h2-6H2,1H3,(H,14,15). The number of aryl methyl sites for hydroxylation is 1. The molecule has 0 saturated heterocycles. The molecule has 1 aromatic heterocycles. The summed E-state index contributed by atoms with van der Waals surface area (Å²) in [6.07, 6.45) is -2.64. The number of aromatic amines is 1. The molecular formula is C10H14F3N3. The van der Waals surface area contributed by atoms with Crippen molar-refractivity contribution < 1.29 is 13.2 Å². The van der Waals surface area contributed by atoms with Crippen molar-refractivity contribution in [2.24, 2.45) is 0 Å². The normalized spacial score (nSPS) is 17.5. The molecule has 0 radical (unpaired) electrons. The van der Waals surface area contributed by atoms with Gasteiger partial charge in [-0.05, 0) is 18.4 Å². The van der Waals surface area contributed by atoms with E-state index in [0.717, 1.165) is 23.4 Å². The van der Waals surface area contributed by atoms with Gasteiger partial charge in [0.1, 0.15) is 0 Å². The van der Waals surface area contributed by atoms with Crippen LogP contribution in [0.25, 0.3) is 0 Å². The molecule has 1 aromatic rings. The Balaban J connectivity index is 2.07. The van der Waals surface area contributed by atoms with Crippen LogP contribution in [0.5, 0.6) is 0 Å². The van der Waals surface area contributed by atoms with Gasteiger partial charge in [-0.1, -0.05) is 6.92 Å². The van der Waals surface area contributed by atoms with E-state index in [4.69, 9.17) is 0 Å². The van der Waals surface area contributed by atoms with Crippen LogP contribution < -0.4 is 0 Å². The van der Waals surface area contributed by atoms with Crippen LogP contribution in [-0.4, -0.2) is 34.4 Å². The van der Waals surface area contributed by atoms with E-state index < -0.39 is 12.7 Å². The van der Waals surface area contributed by atoms with Gasteiger partial charge in [0.15, 0.2) is 0 Å². The van der Waals surface area contributed by atoms with Crippen LogP contribution in [0.3, 0.4) is 0 Å². The third-order valence-corrected chi connectivity index (χ3v) is 2.84. The second-order valence-corrected chi connectivity index (χ2v) is 4.06. The van der Waals surface area contributed by atoms with Crippen molar-refractivity contribution in [2.45, 2.75) is 32.5 Å². The van der Waals surface area contributed by atoms with Crippen LogP contribution in [0.1, 0.15) is 23.9 Å². The third-order valence-electron chi connectivity index (χ3n) is 2.84. The van der Waals surface area contributed by atoms with Crippen LogP contribution in [0.15, 0.2) is 0 Å². The molecular weight excluding hydrogens is 219 g/mol. The average molecular weight is 233 g/mol. The van der Waals surface area contributed by atoms with E-state index in [2.05, 4.69) is 10.2 Å². The maximum atomic E-state index is 12.2. The van der Waals surface area contributed by atoms with Crippen molar-refractivity contribution in [3.05, 3.63) is 17.0 Å². The smallest absolute Gasteiger partial charge is 0.289 e. The van der Waals surface area contributed by atoms with Crippen LogP contribution in [0.4, 0.5) is 13.2 Å². The fourth-order valence-electron chi connectivity index (χ4n) is 2.12. The van der Waals surface area contributed by atoms with Crippen LogP contribution in [0.2, 0.25) is 0 Å². The molecule has 2 heterocycles. The molecule has 1 N–H and O–H groups in total. The molecule has 0 saturated carbocycles. The first-order valence-corrected chi connectivity index (χ1v) is 5.33. The van der Waals surface area contributed by atoms with Crippen LogP contribution in [0, 0.1) is 0 Å². The zero-order valence-electron chi connectivity index (χ0n) is 9.06. The number of H-pyrrole nitrogens is 1. The van der Waals surface area contributed by atoms with E-state index >= 15 is 0 Å². The topological polar surface area (TPSA) is 31.9 Å². The second kappa shape index (κ2) is 4.08. The summed E-state index contributed by atoms with van der Waals surface area (Å²) in [4.78, 5) is 1.40. The lowest BCUT2D eigenvalue weighted by molar-refractivity contribution is -0.147. The van der Waals surface area contributed by atoms with Gasteiger partial charge in [0.05, 0.1) is 17.9 Å². The number of alkyl halides is 3. The van der Waals surface area contributed by atoms with E-state index in [1.54, 1.807) is 0 Å². The average Bonchev–Trinajstić information content (AvgIpc) is 2.57. The maximum Gasteiger partial charge on any atom is 0.401 e. The maximum absolute atomic E-state index is 12.2. The largest absolute Gasteiger partial charge is 0.401 e. The summed E-state index contributed by atoms with van der Waals surface area (Å²) < 4.78 is 36.7. The number of nitrogens with zero attached hydrogens (tertiary/aromatic N) is 2. The molecule has 0 spiro atoms. The highest BCUT2D eigenvalue weighted by molar-refractivity contribution is 5.27. The molecule has 6 heteroatoms. The van der Waals surface area contributed by atoms with Gasteiger partial charge in [0.2, 0.25) is 0 Å². The summed E-state index contributed by atoms with van der Waals surface area (Å²) in [5, 5.41) is 6.95. The Bertz CT molecular complexity index is 370. The van der Waals surface area contributed by atoms with E-state index in [9.17, 15) is 13.2 Å². The number of hydrogen-bond acceptors (Lipinski definition) is 2. The lowest BCUT2D eigenvalue weighted by atomic mass is 10.0. The number of fused-ring (bicyclic) bond motifs is 1. The zero-order valence-corrected chi connectivity index (χ0v) is 9.06. The van der Waals surface area contributed by atoms with Crippen molar-refractivity contribution in [3.63, 3.8) is 0 Å². The van der Waals surface area contributed by atoms with E-state index in [1.807, 2.05) is 6.92 Å². The second-order valence-electron chi connectivity index (χ2n) is 4.06. The zero-order chi connectivity index (χ0) is 11.8. The molecule has 0 fully saturated rings. The van der Waals surface area contributed by atoms with Crippen molar-refractivity contribution in [3.8, 4) is 0 Å². The molecule has 16 heavy (non-hydrogen) atoms. The number of nitrogens with one attached hydrogen (secondary N) is 1. The van der Waals surface area contributed by atoms with Gasteiger partial charge in [0.25, 0.3) is 0 Å². The van der Waals surface area contributed by atoms with Crippen molar-refractivity contribution in [1.29, 1.82) is 0 Å². The lowest BCUT2D eigenvalue weighted by Crippen LogP contribution is -2.38. The summed E-state index contributed by atoms with van der Waals surface area (Å²) in [6.45, 7) is 1.94. The number of rotatable bonds is 2. The first kappa shape index (κ1) is 11.4. The van der Waals surface area contributed by atoms with Gasteiger partial charge in [-0.3, -0.25) is 10.00 Å². The lowest BCUT2D eigenvalue weighted by Gasteiger charge is -2.27. The van der Waals surface area contributed by atoms with Crippen LogP contribution >= 0.6 is 0 Å². The van der Waals surface area contributed by atoms with Gasteiger partial charge >= 0.3 is 6.18 Å². The molecule has 0 unspecified atom stereocenters. The molecule has 0 aromatic carbocycles. The van der Waals surface area contributed by atoms with Gasteiger partial charge < -0.3 is 0 Å². The fourth-order valence-corrected chi connectivity index (χ4v) is 2.12. The molecule has 0 amide bonds. The van der Waals surface area contributed by atoms with E-state index in [-0.39, 0.29) is 0 Å². The molecule has 1 aliphatic heterocycles. The molecule has 3 nitrogen and oxygen atoms in total.